The number of anilines is 2. The summed E-state index contributed by atoms with van der Waals surface area (Å²) in [6.45, 7) is 5.08. The van der Waals surface area contributed by atoms with Crippen LogP contribution in [0.3, 0.4) is 0 Å². The summed E-state index contributed by atoms with van der Waals surface area (Å²) < 4.78 is 0. The third-order valence-electron chi connectivity index (χ3n) is 2.65. The summed E-state index contributed by atoms with van der Waals surface area (Å²) in [5.41, 5.74) is 6.40. The Labute approximate surface area is 93.9 Å². The molecule has 1 aromatic heterocycles. The molecule has 2 heterocycles. The van der Waals surface area contributed by atoms with E-state index in [-0.39, 0.29) is 17.9 Å². The molecule has 0 spiro atoms. The second-order valence-corrected chi connectivity index (χ2v) is 3.89. The fourth-order valence-electron chi connectivity index (χ4n) is 1.82. The minimum Gasteiger partial charge on any atom is -0.368 e. The lowest BCUT2D eigenvalue weighted by Gasteiger charge is -2.33. The summed E-state index contributed by atoms with van der Waals surface area (Å²) in [6.07, 6.45) is 0. The molecule has 0 aliphatic carbocycles. The van der Waals surface area contributed by atoms with Crippen molar-refractivity contribution in [1.29, 1.82) is 0 Å². The maximum Gasteiger partial charge on any atom is 0.242 e. The summed E-state index contributed by atoms with van der Waals surface area (Å²) in [5, 5.41) is 2.81. The van der Waals surface area contributed by atoms with E-state index in [1.54, 1.807) is 0 Å². The average molecular weight is 221 g/mol. The van der Waals surface area contributed by atoms with Crippen molar-refractivity contribution in [3.63, 3.8) is 0 Å². The van der Waals surface area contributed by atoms with Gasteiger partial charge in [-0.25, -0.2) is 4.98 Å². The van der Waals surface area contributed by atoms with Crippen molar-refractivity contribution in [2.75, 3.05) is 23.7 Å². The molecule has 1 aliphatic heterocycles. The van der Waals surface area contributed by atoms with E-state index in [4.69, 9.17) is 5.73 Å². The molecule has 1 fully saturated rings. The van der Waals surface area contributed by atoms with Gasteiger partial charge in [-0.15, -0.1) is 0 Å². The molecule has 1 unspecified atom stereocenters. The first kappa shape index (κ1) is 10.7. The van der Waals surface area contributed by atoms with Crippen molar-refractivity contribution in [1.82, 2.24) is 15.3 Å². The highest BCUT2D eigenvalue weighted by atomic mass is 16.2. The molecular formula is C10H15N5O. The number of aromatic nitrogens is 2. The number of piperazine rings is 1. The van der Waals surface area contributed by atoms with Crippen LogP contribution in [0.4, 0.5) is 11.8 Å². The van der Waals surface area contributed by atoms with Gasteiger partial charge in [0, 0.05) is 24.8 Å². The predicted molar refractivity (Wildman–Crippen MR) is 61.0 cm³/mol. The third kappa shape index (κ3) is 1.91. The van der Waals surface area contributed by atoms with Gasteiger partial charge in [0.2, 0.25) is 11.9 Å². The highest BCUT2D eigenvalue weighted by molar-refractivity contribution is 5.85. The molecule has 1 saturated heterocycles. The zero-order chi connectivity index (χ0) is 11.7. The molecule has 2 rings (SSSR count). The topological polar surface area (TPSA) is 84.1 Å². The Balaban J connectivity index is 2.32. The first-order valence-corrected chi connectivity index (χ1v) is 5.23. The largest absolute Gasteiger partial charge is 0.368 e. The van der Waals surface area contributed by atoms with Crippen molar-refractivity contribution in [2.45, 2.75) is 19.9 Å². The molecule has 16 heavy (non-hydrogen) atoms. The molecular weight excluding hydrogens is 206 g/mol. The molecule has 1 aliphatic rings. The van der Waals surface area contributed by atoms with Gasteiger partial charge in [-0.2, -0.15) is 4.98 Å². The van der Waals surface area contributed by atoms with Gasteiger partial charge in [-0.3, -0.25) is 4.79 Å². The Morgan fingerprint density at radius 3 is 3.00 bits per heavy atom. The van der Waals surface area contributed by atoms with Gasteiger partial charge in [0.15, 0.2) is 0 Å². The number of hydrogen-bond donors (Lipinski definition) is 2. The number of nitrogens with two attached hydrogens (primary N) is 1. The molecule has 86 valence electrons. The molecule has 0 aromatic carbocycles. The smallest absolute Gasteiger partial charge is 0.242 e. The molecule has 1 amide bonds. The Morgan fingerprint density at radius 2 is 2.31 bits per heavy atom. The van der Waals surface area contributed by atoms with Crippen LogP contribution in [0.15, 0.2) is 6.07 Å². The van der Waals surface area contributed by atoms with Crippen molar-refractivity contribution < 1.29 is 4.79 Å². The Hall–Kier alpha value is -1.85. The lowest BCUT2D eigenvalue weighted by atomic mass is 10.2. The van der Waals surface area contributed by atoms with Crippen LogP contribution in [0, 0.1) is 6.92 Å². The number of amides is 1. The van der Waals surface area contributed by atoms with Crippen LogP contribution in [0.5, 0.6) is 0 Å². The van der Waals surface area contributed by atoms with Gasteiger partial charge in [0.1, 0.15) is 11.9 Å². The Kier molecular flexibility index (Phi) is 2.64. The summed E-state index contributed by atoms with van der Waals surface area (Å²) in [7, 11) is 0. The van der Waals surface area contributed by atoms with E-state index in [2.05, 4.69) is 15.3 Å². The first-order chi connectivity index (χ1) is 7.58. The molecule has 1 atom stereocenters. The standard InChI is InChI=1S/C10H15N5O/c1-6-5-8(14-10(11)13-6)15-4-3-12-9(16)7(15)2/h5,7H,3-4H2,1-2H3,(H,12,16)(H2,11,13,14). The molecule has 6 heteroatoms. The number of nitrogens with one attached hydrogen (secondary N) is 1. The van der Waals surface area contributed by atoms with Gasteiger partial charge in [-0.1, -0.05) is 0 Å². The number of carbonyl (C=O) groups is 1. The number of nitrogens with zero attached hydrogens (tertiary/aromatic N) is 3. The highest BCUT2D eigenvalue weighted by Gasteiger charge is 2.26. The van der Waals surface area contributed by atoms with Crippen molar-refractivity contribution >= 4 is 17.7 Å². The van der Waals surface area contributed by atoms with E-state index in [0.29, 0.717) is 12.4 Å². The van der Waals surface area contributed by atoms with Gasteiger partial charge >= 0.3 is 0 Å². The van der Waals surface area contributed by atoms with Crippen LogP contribution < -0.4 is 16.0 Å². The minimum atomic E-state index is -0.220. The van der Waals surface area contributed by atoms with E-state index < -0.39 is 0 Å². The zero-order valence-corrected chi connectivity index (χ0v) is 9.40. The van der Waals surface area contributed by atoms with Crippen LogP contribution in [0.25, 0.3) is 0 Å². The second kappa shape index (κ2) is 3.96. The summed E-state index contributed by atoms with van der Waals surface area (Å²) >= 11 is 0. The predicted octanol–water partition coefficient (Wildman–Crippen LogP) is -0.308. The third-order valence-corrected chi connectivity index (χ3v) is 2.65. The van der Waals surface area contributed by atoms with Crippen LogP contribution in [-0.4, -0.2) is 35.0 Å². The van der Waals surface area contributed by atoms with Crippen LogP contribution in [0.2, 0.25) is 0 Å². The number of aryl methyl sites for hydroxylation is 1. The zero-order valence-electron chi connectivity index (χ0n) is 9.40. The molecule has 1 aromatic rings. The minimum absolute atomic E-state index is 0.0149. The summed E-state index contributed by atoms with van der Waals surface area (Å²) in [4.78, 5) is 21.6. The van der Waals surface area contributed by atoms with Gasteiger partial charge in [0.05, 0.1) is 0 Å². The van der Waals surface area contributed by atoms with Crippen molar-refractivity contribution in [3.05, 3.63) is 11.8 Å². The maximum absolute atomic E-state index is 11.5. The van der Waals surface area contributed by atoms with Gasteiger partial charge in [-0.05, 0) is 13.8 Å². The van der Waals surface area contributed by atoms with Crippen LogP contribution >= 0.6 is 0 Å². The van der Waals surface area contributed by atoms with Crippen molar-refractivity contribution in [3.8, 4) is 0 Å². The molecule has 0 radical (unpaired) electrons. The van der Waals surface area contributed by atoms with Crippen molar-refractivity contribution in [2.24, 2.45) is 0 Å². The number of rotatable bonds is 1. The summed E-state index contributed by atoms with van der Waals surface area (Å²) in [5.74, 6) is 0.974. The molecule has 6 nitrogen and oxygen atoms in total. The van der Waals surface area contributed by atoms with E-state index in [1.165, 1.54) is 0 Å². The monoisotopic (exact) mass is 221 g/mol. The number of hydrogen-bond acceptors (Lipinski definition) is 5. The quantitative estimate of drug-likeness (QED) is 0.679. The lowest BCUT2D eigenvalue weighted by Crippen LogP contribution is -2.54. The fraction of sp³-hybridized carbons (Fsp3) is 0.500. The second-order valence-electron chi connectivity index (χ2n) is 3.89. The highest BCUT2D eigenvalue weighted by Crippen LogP contribution is 2.17. The Bertz CT molecular complexity index is 399. The van der Waals surface area contributed by atoms with E-state index in [1.807, 2.05) is 24.8 Å². The van der Waals surface area contributed by atoms with E-state index in [0.717, 1.165) is 12.2 Å². The average Bonchev–Trinajstić information content (AvgIpc) is 2.20. The molecule has 3 N–H and O–H groups in total. The fourth-order valence-corrected chi connectivity index (χ4v) is 1.82. The Morgan fingerprint density at radius 1 is 1.56 bits per heavy atom. The molecule has 0 saturated carbocycles. The van der Waals surface area contributed by atoms with Crippen LogP contribution in [-0.2, 0) is 4.79 Å². The summed E-state index contributed by atoms with van der Waals surface area (Å²) in [6, 6.07) is 1.62. The number of nitrogen functional groups attached to an aromatic ring is 1. The lowest BCUT2D eigenvalue weighted by molar-refractivity contribution is -0.122. The van der Waals surface area contributed by atoms with Crippen LogP contribution in [0.1, 0.15) is 12.6 Å². The van der Waals surface area contributed by atoms with E-state index >= 15 is 0 Å². The van der Waals surface area contributed by atoms with Gasteiger partial charge in [0.25, 0.3) is 0 Å². The molecule has 0 bridgehead atoms. The van der Waals surface area contributed by atoms with Gasteiger partial charge < -0.3 is 16.0 Å². The normalized spacial score (nSPS) is 20.8. The SMILES string of the molecule is Cc1cc(N2CCNC(=O)C2C)nc(N)n1. The van der Waals surface area contributed by atoms with E-state index in [9.17, 15) is 4.79 Å². The first-order valence-electron chi connectivity index (χ1n) is 5.23. The maximum atomic E-state index is 11.5. The number of carbonyl (C=O) groups excluding carboxylic acids is 1.